The van der Waals surface area contributed by atoms with E-state index in [2.05, 4.69) is 13.8 Å². The van der Waals surface area contributed by atoms with Crippen LogP contribution >= 0.6 is 0 Å². The van der Waals surface area contributed by atoms with Crippen molar-refractivity contribution >= 4 is 5.97 Å². The molecule has 0 radical (unpaired) electrons. The summed E-state index contributed by atoms with van der Waals surface area (Å²) in [4.78, 5) is 11.3. The topological polar surface area (TPSA) is 52.3 Å². The zero-order valence-corrected chi connectivity index (χ0v) is 13.7. The van der Waals surface area contributed by atoms with E-state index in [0.29, 0.717) is 19.6 Å². The lowest BCUT2D eigenvalue weighted by atomic mass is 9.96. The van der Waals surface area contributed by atoms with E-state index in [1.54, 1.807) is 0 Å². The molecule has 3 heteroatoms. The fourth-order valence-electron chi connectivity index (χ4n) is 2.43. The molecule has 0 aromatic rings. The summed E-state index contributed by atoms with van der Waals surface area (Å²) in [6.07, 6.45) is 12.4. The molecule has 0 aliphatic rings. The van der Waals surface area contributed by atoms with Crippen molar-refractivity contribution in [2.24, 2.45) is 11.7 Å². The van der Waals surface area contributed by atoms with E-state index in [1.165, 1.54) is 44.9 Å². The van der Waals surface area contributed by atoms with Crippen LogP contribution in [0.5, 0.6) is 0 Å². The summed E-state index contributed by atoms with van der Waals surface area (Å²) in [7, 11) is 0. The van der Waals surface area contributed by atoms with Crippen molar-refractivity contribution < 1.29 is 9.53 Å². The van der Waals surface area contributed by atoms with Gasteiger partial charge in [-0.1, -0.05) is 58.8 Å². The van der Waals surface area contributed by atoms with Gasteiger partial charge in [0.25, 0.3) is 0 Å². The molecule has 0 rings (SSSR count). The third-order valence-corrected chi connectivity index (χ3v) is 4.01. The smallest absolute Gasteiger partial charge is 0.305 e. The number of carbonyl (C=O) groups excluding carboxylic acids is 1. The third-order valence-electron chi connectivity index (χ3n) is 4.01. The standard InChI is InChI=1S/C17H35NO2/c1-3-16(4-2)12-8-6-5-7-11-15-20-17(19)13-9-10-14-18/h16H,3-15,18H2,1-2H3. The molecule has 2 N–H and O–H groups in total. The maximum atomic E-state index is 11.3. The molecule has 0 heterocycles. The van der Waals surface area contributed by atoms with Gasteiger partial charge >= 0.3 is 5.97 Å². The minimum Gasteiger partial charge on any atom is -0.466 e. The van der Waals surface area contributed by atoms with E-state index in [9.17, 15) is 4.79 Å². The van der Waals surface area contributed by atoms with Crippen molar-refractivity contribution in [3.05, 3.63) is 0 Å². The predicted molar refractivity (Wildman–Crippen MR) is 85.6 cm³/mol. The summed E-state index contributed by atoms with van der Waals surface area (Å²) in [5.41, 5.74) is 5.38. The average Bonchev–Trinajstić information content (AvgIpc) is 2.46. The molecule has 0 fully saturated rings. The van der Waals surface area contributed by atoms with Crippen molar-refractivity contribution in [3.63, 3.8) is 0 Å². The minimum absolute atomic E-state index is 0.0628. The van der Waals surface area contributed by atoms with Crippen molar-refractivity contribution in [2.45, 2.75) is 84.5 Å². The largest absolute Gasteiger partial charge is 0.466 e. The lowest BCUT2D eigenvalue weighted by molar-refractivity contribution is -0.143. The highest BCUT2D eigenvalue weighted by molar-refractivity contribution is 5.69. The van der Waals surface area contributed by atoms with E-state index in [-0.39, 0.29) is 5.97 Å². The molecular weight excluding hydrogens is 250 g/mol. The third kappa shape index (κ3) is 12.5. The summed E-state index contributed by atoms with van der Waals surface area (Å²) >= 11 is 0. The molecular formula is C17H35NO2. The maximum Gasteiger partial charge on any atom is 0.305 e. The highest BCUT2D eigenvalue weighted by Crippen LogP contribution is 2.17. The number of unbranched alkanes of at least 4 members (excludes halogenated alkanes) is 5. The first-order chi connectivity index (χ1) is 9.74. The van der Waals surface area contributed by atoms with Crippen molar-refractivity contribution in [1.82, 2.24) is 0 Å². The van der Waals surface area contributed by atoms with Crippen LogP contribution in [0.3, 0.4) is 0 Å². The van der Waals surface area contributed by atoms with E-state index in [4.69, 9.17) is 10.5 Å². The molecule has 0 atom stereocenters. The SMILES string of the molecule is CCC(CC)CCCCCCCOC(=O)CCCCN. The van der Waals surface area contributed by atoms with Crippen LogP contribution in [0.2, 0.25) is 0 Å². The number of esters is 1. The fraction of sp³-hybridized carbons (Fsp3) is 0.941. The van der Waals surface area contributed by atoms with E-state index in [0.717, 1.165) is 25.2 Å². The van der Waals surface area contributed by atoms with Crippen molar-refractivity contribution in [1.29, 1.82) is 0 Å². The Morgan fingerprint density at radius 3 is 2.25 bits per heavy atom. The van der Waals surface area contributed by atoms with Gasteiger partial charge in [0.15, 0.2) is 0 Å². The molecule has 0 saturated carbocycles. The molecule has 120 valence electrons. The normalized spacial score (nSPS) is 11.0. The van der Waals surface area contributed by atoms with Crippen LogP contribution in [0, 0.1) is 5.92 Å². The first kappa shape index (κ1) is 19.4. The van der Waals surface area contributed by atoms with Crippen LogP contribution in [0.4, 0.5) is 0 Å². The van der Waals surface area contributed by atoms with Gasteiger partial charge in [0, 0.05) is 6.42 Å². The Morgan fingerprint density at radius 1 is 0.950 bits per heavy atom. The highest BCUT2D eigenvalue weighted by Gasteiger charge is 2.03. The molecule has 0 aliphatic carbocycles. The van der Waals surface area contributed by atoms with Crippen LogP contribution in [0.15, 0.2) is 0 Å². The van der Waals surface area contributed by atoms with Crippen LogP contribution in [0.1, 0.15) is 84.5 Å². The fourth-order valence-corrected chi connectivity index (χ4v) is 2.43. The summed E-state index contributed by atoms with van der Waals surface area (Å²) in [5, 5.41) is 0. The second-order valence-corrected chi connectivity index (χ2v) is 5.71. The van der Waals surface area contributed by atoms with Gasteiger partial charge in [0.05, 0.1) is 6.61 Å². The van der Waals surface area contributed by atoms with Gasteiger partial charge in [-0.05, 0) is 31.7 Å². The number of hydrogen-bond donors (Lipinski definition) is 1. The Bertz CT molecular complexity index is 215. The predicted octanol–water partition coefficient (Wildman–Crippen LogP) is 4.44. The lowest BCUT2D eigenvalue weighted by Crippen LogP contribution is -2.07. The second-order valence-electron chi connectivity index (χ2n) is 5.71. The number of rotatable bonds is 14. The molecule has 0 saturated heterocycles. The molecule has 0 spiro atoms. The molecule has 0 aromatic heterocycles. The van der Waals surface area contributed by atoms with Gasteiger partial charge in [0.1, 0.15) is 0 Å². The molecule has 0 unspecified atom stereocenters. The van der Waals surface area contributed by atoms with Gasteiger partial charge in [-0.2, -0.15) is 0 Å². The van der Waals surface area contributed by atoms with E-state index < -0.39 is 0 Å². The summed E-state index contributed by atoms with van der Waals surface area (Å²) in [6, 6.07) is 0. The average molecular weight is 285 g/mol. The molecule has 0 amide bonds. The minimum atomic E-state index is -0.0628. The molecule has 20 heavy (non-hydrogen) atoms. The van der Waals surface area contributed by atoms with Crippen molar-refractivity contribution in [3.8, 4) is 0 Å². The summed E-state index contributed by atoms with van der Waals surface area (Å²) in [6.45, 7) is 5.82. The Balaban J connectivity index is 3.22. The number of carbonyl (C=O) groups is 1. The highest BCUT2D eigenvalue weighted by atomic mass is 16.5. The van der Waals surface area contributed by atoms with Gasteiger partial charge in [-0.15, -0.1) is 0 Å². The molecule has 0 aliphatic heterocycles. The van der Waals surface area contributed by atoms with Crippen molar-refractivity contribution in [2.75, 3.05) is 13.2 Å². The summed E-state index contributed by atoms with van der Waals surface area (Å²) < 4.78 is 5.19. The van der Waals surface area contributed by atoms with Crippen LogP contribution in [-0.4, -0.2) is 19.1 Å². The summed E-state index contributed by atoms with van der Waals surface area (Å²) in [5.74, 6) is 0.858. The second kappa shape index (κ2) is 14.8. The molecule has 0 bridgehead atoms. The number of ether oxygens (including phenoxy) is 1. The Morgan fingerprint density at radius 2 is 1.60 bits per heavy atom. The maximum absolute atomic E-state index is 11.3. The van der Waals surface area contributed by atoms with Crippen LogP contribution < -0.4 is 5.73 Å². The monoisotopic (exact) mass is 285 g/mol. The Labute approximate surface area is 125 Å². The van der Waals surface area contributed by atoms with Gasteiger partial charge < -0.3 is 10.5 Å². The van der Waals surface area contributed by atoms with Crippen LogP contribution in [-0.2, 0) is 9.53 Å². The number of hydrogen-bond acceptors (Lipinski definition) is 3. The zero-order valence-electron chi connectivity index (χ0n) is 13.7. The number of nitrogens with two attached hydrogens (primary N) is 1. The lowest BCUT2D eigenvalue weighted by Gasteiger charge is -2.11. The van der Waals surface area contributed by atoms with Crippen LogP contribution in [0.25, 0.3) is 0 Å². The van der Waals surface area contributed by atoms with Gasteiger partial charge in [-0.25, -0.2) is 0 Å². The first-order valence-electron chi connectivity index (χ1n) is 8.60. The van der Waals surface area contributed by atoms with E-state index in [1.807, 2.05) is 0 Å². The molecule has 3 nitrogen and oxygen atoms in total. The zero-order chi connectivity index (χ0) is 15.1. The van der Waals surface area contributed by atoms with Gasteiger partial charge in [0.2, 0.25) is 0 Å². The molecule has 0 aromatic carbocycles. The van der Waals surface area contributed by atoms with E-state index >= 15 is 0 Å². The quantitative estimate of drug-likeness (QED) is 0.379. The van der Waals surface area contributed by atoms with Gasteiger partial charge in [-0.3, -0.25) is 4.79 Å². The Hall–Kier alpha value is -0.570. The Kier molecular flexibility index (Phi) is 14.4. The first-order valence-corrected chi connectivity index (χ1v) is 8.60.